The lowest BCUT2D eigenvalue weighted by atomic mass is 9.96. The Balaban J connectivity index is 1.49. The summed E-state index contributed by atoms with van der Waals surface area (Å²) < 4.78 is 19.5. The quantitative estimate of drug-likeness (QED) is 0.547. The van der Waals surface area contributed by atoms with Crippen molar-refractivity contribution in [2.24, 2.45) is 0 Å². The number of amides is 1. The summed E-state index contributed by atoms with van der Waals surface area (Å²) in [6, 6.07) is 3.68. The number of fused-ring (bicyclic) bond motifs is 1. The highest BCUT2D eigenvalue weighted by Gasteiger charge is 2.28. The molecule has 4 heterocycles. The minimum atomic E-state index is -0.652. The highest BCUT2D eigenvalue weighted by atomic mass is 19.1. The Morgan fingerprint density at radius 3 is 2.71 bits per heavy atom. The Morgan fingerprint density at radius 2 is 2.00 bits per heavy atom. The lowest BCUT2D eigenvalue weighted by molar-refractivity contribution is -0.132. The molecular weight excluding hydrogens is 447 g/mol. The molecule has 0 unspecified atom stereocenters. The van der Waals surface area contributed by atoms with Gasteiger partial charge >= 0.3 is 0 Å². The zero-order valence-electron chi connectivity index (χ0n) is 20.8. The van der Waals surface area contributed by atoms with Crippen LogP contribution in [0.15, 0.2) is 30.7 Å². The number of hydrogen-bond donors (Lipinski definition) is 1. The van der Waals surface area contributed by atoms with Crippen molar-refractivity contribution in [2.45, 2.75) is 52.5 Å². The standard InChI is InChI=1S/C26H31FN6O2/c1-6-33(26(34)15(2)20-12-23(35-5)30-13-22(20)27)14-19-8-7-18-11-21(16(3)31-25(18)32-19)24-17(4)28-9-10-29-24/h9-13,15,19H,6-8,14H2,1-5H3,(H,31,32)/t15-,19-/m1/s1. The third kappa shape index (κ3) is 5.08. The molecule has 2 atom stereocenters. The molecule has 1 N–H and O–H groups in total. The van der Waals surface area contributed by atoms with Gasteiger partial charge in [-0.3, -0.25) is 14.8 Å². The van der Waals surface area contributed by atoms with Crippen LogP contribution in [-0.2, 0) is 11.2 Å². The Morgan fingerprint density at radius 1 is 1.23 bits per heavy atom. The van der Waals surface area contributed by atoms with Crippen molar-refractivity contribution in [3.05, 3.63) is 59.1 Å². The summed E-state index contributed by atoms with van der Waals surface area (Å²) >= 11 is 0. The zero-order valence-corrected chi connectivity index (χ0v) is 20.8. The molecule has 0 aromatic carbocycles. The van der Waals surface area contributed by atoms with Gasteiger partial charge in [0.2, 0.25) is 11.8 Å². The van der Waals surface area contributed by atoms with E-state index in [4.69, 9.17) is 9.72 Å². The predicted molar refractivity (Wildman–Crippen MR) is 132 cm³/mol. The first-order chi connectivity index (χ1) is 16.8. The van der Waals surface area contributed by atoms with E-state index in [0.29, 0.717) is 13.1 Å². The predicted octanol–water partition coefficient (Wildman–Crippen LogP) is 4.08. The third-order valence-electron chi connectivity index (χ3n) is 6.57. The second kappa shape index (κ2) is 10.3. The number of aromatic nitrogens is 4. The van der Waals surface area contributed by atoms with Crippen molar-refractivity contribution in [1.29, 1.82) is 0 Å². The Labute approximate surface area is 205 Å². The highest BCUT2D eigenvalue weighted by molar-refractivity contribution is 5.83. The number of nitrogens with one attached hydrogen (secondary N) is 1. The average Bonchev–Trinajstić information content (AvgIpc) is 2.86. The summed E-state index contributed by atoms with van der Waals surface area (Å²) in [6.07, 6.45) is 6.17. The van der Waals surface area contributed by atoms with Crippen LogP contribution >= 0.6 is 0 Å². The van der Waals surface area contributed by atoms with Crippen LogP contribution in [-0.4, -0.2) is 57.0 Å². The summed E-state index contributed by atoms with van der Waals surface area (Å²) in [5.74, 6) is -0.176. The monoisotopic (exact) mass is 478 g/mol. The molecule has 0 aliphatic carbocycles. The van der Waals surface area contributed by atoms with E-state index in [9.17, 15) is 9.18 Å². The number of rotatable bonds is 7. The molecule has 0 fully saturated rings. The topological polar surface area (TPSA) is 93.1 Å². The van der Waals surface area contributed by atoms with E-state index in [1.165, 1.54) is 13.2 Å². The second-order valence-electron chi connectivity index (χ2n) is 8.85. The van der Waals surface area contributed by atoms with Crippen LogP contribution in [0.25, 0.3) is 11.3 Å². The second-order valence-corrected chi connectivity index (χ2v) is 8.85. The van der Waals surface area contributed by atoms with Crippen LogP contribution in [0.2, 0.25) is 0 Å². The maximum absolute atomic E-state index is 14.4. The van der Waals surface area contributed by atoms with Gasteiger partial charge < -0.3 is 15.0 Å². The van der Waals surface area contributed by atoms with Gasteiger partial charge in [-0.1, -0.05) is 0 Å². The lowest BCUT2D eigenvalue weighted by Gasteiger charge is -2.33. The van der Waals surface area contributed by atoms with Crippen molar-refractivity contribution in [1.82, 2.24) is 24.8 Å². The van der Waals surface area contributed by atoms with E-state index in [1.54, 1.807) is 24.2 Å². The van der Waals surface area contributed by atoms with Gasteiger partial charge in [-0.05, 0) is 52.2 Å². The molecule has 0 saturated heterocycles. The fourth-order valence-corrected chi connectivity index (χ4v) is 4.53. The molecule has 0 radical (unpaired) electrons. The van der Waals surface area contributed by atoms with Gasteiger partial charge in [-0.25, -0.2) is 14.4 Å². The normalized spacial score (nSPS) is 15.7. The van der Waals surface area contributed by atoms with Crippen LogP contribution in [0, 0.1) is 19.7 Å². The molecule has 35 heavy (non-hydrogen) atoms. The number of halogens is 1. The van der Waals surface area contributed by atoms with E-state index >= 15 is 0 Å². The van der Waals surface area contributed by atoms with E-state index in [-0.39, 0.29) is 23.4 Å². The molecule has 0 spiro atoms. The van der Waals surface area contributed by atoms with Crippen molar-refractivity contribution >= 4 is 11.7 Å². The highest BCUT2D eigenvalue weighted by Crippen LogP contribution is 2.31. The number of pyridine rings is 2. The molecule has 3 aromatic heterocycles. The smallest absolute Gasteiger partial charge is 0.230 e. The molecular formula is C26H31FN6O2. The van der Waals surface area contributed by atoms with Gasteiger partial charge in [0.05, 0.1) is 30.6 Å². The van der Waals surface area contributed by atoms with E-state index in [2.05, 4.69) is 26.3 Å². The van der Waals surface area contributed by atoms with E-state index < -0.39 is 11.7 Å². The van der Waals surface area contributed by atoms with Crippen molar-refractivity contribution in [3.8, 4) is 17.1 Å². The van der Waals surface area contributed by atoms with Gasteiger partial charge in [0.15, 0.2) is 0 Å². The zero-order chi connectivity index (χ0) is 25.1. The minimum Gasteiger partial charge on any atom is -0.481 e. The van der Waals surface area contributed by atoms with Gasteiger partial charge in [0, 0.05) is 54.4 Å². The van der Waals surface area contributed by atoms with Crippen molar-refractivity contribution < 1.29 is 13.9 Å². The first-order valence-corrected chi connectivity index (χ1v) is 11.9. The largest absolute Gasteiger partial charge is 0.481 e. The molecule has 1 aliphatic rings. The molecule has 1 amide bonds. The van der Waals surface area contributed by atoms with Gasteiger partial charge in [-0.15, -0.1) is 0 Å². The van der Waals surface area contributed by atoms with Gasteiger partial charge in [0.25, 0.3) is 0 Å². The number of anilines is 1. The number of likely N-dealkylation sites (N-methyl/N-ethyl adjacent to an activating group) is 1. The molecule has 9 heteroatoms. The van der Waals surface area contributed by atoms with Crippen LogP contribution in [0.3, 0.4) is 0 Å². The number of carbonyl (C=O) groups is 1. The Hall–Kier alpha value is -3.62. The van der Waals surface area contributed by atoms with Crippen LogP contribution < -0.4 is 10.1 Å². The van der Waals surface area contributed by atoms with Gasteiger partial charge in [-0.2, -0.15) is 0 Å². The fraction of sp³-hybridized carbons (Fsp3) is 0.423. The molecule has 0 bridgehead atoms. The number of carbonyl (C=O) groups excluding carboxylic acids is 1. The third-order valence-corrected chi connectivity index (χ3v) is 6.57. The van der Waals surface area contributed by atoms with E-state index in [1.807, 2.05) is 20.8 Å². The average molecular weight is 479 g/mol. The fourth-order valence-electron chi connectivity index (χ4n) is 4.53. The van der Waals surface area contributed by atoms with Crippen LogP contribution in [0.4, 0.5) is 10.2 Å². The molecule has 0 saturated carbocycles. The number of nitrogens with zero attached hydrogens (tertiary/aromatic N) is 5. The first-order valence-electron chi connectivity index (χ1n) is 11.9. The summed E-state index contributed by atoms with van der Waals surface area (Å²) in [7, 11) is 1.47. The van der Waals surface area contributed by atoms with Crippen molar-refractivity contribution in [2.75, 3.05) is 25.5 Å². The number of ether oxygens (including phenoxy) is 1. The van der Waals surface area contributed by atoms with Gasteiger partial charge in [0.1, 0.15) is 11.6 Å². The SMILES string of the molecule is CCN(C[C@H]1CCc2cc(-c3nccnc3C)c(C)nc2N1)C(=O)[C@H](C)c1cc(OC)ncc1F. The maximum Gasteiger partial charge on any atom is 0.230 e. The maximum atomic E-state index is 14.4. The Kier molecular flexibility index (Phi) is 7.23. The summed E-state index contributed by atoms with van der Waals surface area (Å²) in [6.45, 7) is 8.59. The molecule has 1 aliphatic heterocycles. The number of aryl methyl sites for hydroxylation is 3. The Bertz CT molecular complexity index is 1230. The first kappa shape index (κ1) is 24.5. The number of hydrogen-bond acceptors (Lipinski definition) is 7. The van der Waals surface area contributed by atoms with Crippen LogP contribution in [0.1, 0.15) is 48.7 Å². The molecule has 3 aromatic rings. The summed E-state index contributed by atoms with van der Waals surface area (Å²) in [5.41, 5.74) is 4.99. The number of methoxy groups -OCH3 is 1. The van der Waals surface area contributed by atoms with E-state index in [0.717, 1.165) is 53.1 Å². The minimum absolute atomic E-state index is 0.0476. The van der Waals surface area contributed by atoms with Crippen molar-refractivity contribution in [3.63, 3.8) is 0 Å². The molecule has 184 valence electrons. The molecule has 8 nitrogen and oxygen atoms in total. The lowest BCUT2D eigenvalue weighted by Crippen LogP contribution is -2.43. The molecule has 4 rings (SSSR count). The summed E-state index contributed by atoms with van der Waals surface area (Å²) in [5, 5.41) is 3.51. The summed E-state index contributed by atoms with van der Waals surface area (Å²) in [4.78, 5) is 32.6. The van der Waals surface area contributed by atoms with Crippen LogP contribution in [0.5, 0.6) is 5.88 Å².